The lowest BCUT2D eigenvalue weighted by Gasteiger charge is -2.15. The van der Waals surface area contributed by atoms with Crippen LogP contribution in [0.2, 0.25) is 0 Å². The van der Waals surface area contributed by atoms with Crippen molar-refractivity contribution < 1.29 is 0 Å². The largest absolute Gasteiger partial charge is 0.276 e. The highest BCUT2D eigenvalue weighted by atomic mass is 16.1. The van der Waals surface area contributed by atoms with Crippen LogP contribution in [-0.4, -0.2) is 4.57 Å². The Labute approximate surface area is 225 Å². The van der Waals surface area contributed by atoms with Crippen LogP contribution in [0.5, 0.6) is 0 Å². The van der Waals surface area contributed by atoms with Gasteiger partial charge in [-0.2, -0.15) is 0 Å². The number of allylic oxidation sites excluding steroid dienone is 1. The summed E-state index contributed by atoms with van der Waals surface area (Å²) in [6.07, 6.45) is 3.85. The van der Waals surface area contributed by atoms with Gasteiger partial charge in [-0.05, 0) is 78.8 Å². The van der Waals surface area contributed by atoms with E-state index in [1.165, 1.54) is 16.3 Å². The number of rotatable bonds is 3. The van der Waals surface area contributed by atoms with Gasteiger partial charge in [0.1, 0.15) is 0 Å². The molecule has 1 heterocycles. The maximum Gasteiger partial charge on any atom is 0.263 e. The number of pyridine rings is 1. The quantitative estimate of drug-likeness (QED) is 0.182. The van der Waals surface area contributed by atoms with Crippen LogP contribution in [0.4, 0.5) is 0 Å². The topological polar surface area (TPSA) is 22.0 Å². The first-order valence-corrected chi connectivity index (χ1v) is 13.1. The Kier molecular flexibility index (Phi) is 5.28. The molecule has 0 saturated carbocycles. The van der Waals surface area contributed by atoms with E-state index in [-0.39, 0.29) is 5.56 Å². The molecule has 0 radical (unpaired) electrons. The van der Waals surface area contributed by atoms with E-state index < -0.39 is 0 Å². The van der Waals surface area contributed by atoms with Crippen molar-refractivity contribution in [1.29, 1.82) is 0 Å². The predicted octanol–water partition coefficient (Wildman–Crippen LogP) is 7.49. The average Bonchev–Trinajstić information content (AvgIpc) is 2.98. The van der Waals surface area contributed by atoms with Gasteiger partial charge in [-0.1, -0.05) is 110 Å². The molecule has 0 amide bonds. The molecule has 0 aliphatic rings. The minimum absolute atomic E-state index is 0.0137. The molecule has 0 atom stereocenters. The zero-order valence-corrected chi connectivity index (χ0v) is 21.4. The fourth-order valence-electron chi connectivity index (χ4n) is 5.90. The highest BCUT2D eigenvalue weighted by Gasteiger charge is 2.14. The van der Waals surface area contributed by atoms with Crippen LogP contribution in [0.25, 0.3) is 72.7 Å². The molecule has 6 aromatic carbocycles. The highest BCUT2D eigenvalue weighted by molar-refractivity contribution is 6.13. The maximum absolute atomic E-state index is 13.7. The van der Waals surface area contributed by atoms with Gasteiger partial charge in [-0.15, -0.1) is 0 Å². The number of hydrogen-bond acceptors (Lipinski definition) is 1. The summed E-state index contributed by atoms with van der Waals surface area (Å²) in [5, 5.41) is 9.49. The fourth-order valence-corrected chi connectivity index (χ4v) is 5.90. The lowest BCUT2D eigenvalue weighted by atomic mass is 9.91. The Morgan fingerprint density at radius 1 is 0.615 bits per heavy atom. The van der Waals surface area contributed by atoms with Crippen molar-refractivity contribution >= 4 is 55.9 Å². The molecular weight excluding hydrogens is 474 g/mol. The molecule has 0 spiro atoms. The second-order valence-electron chi connectivity index (χ2n) is 9.86. The molecule has 0 bridgehead atoms. The van der Waals surface area contributed by atoms with E-state index in [9.17, 15) is 4.79 Å². The Bertz CT molecular complexity index is 2270. The first kappa shape index (κ1) is 22.9. The van der Waals surface area contributed by atoms with Gasteiger partial charge in [0, 0.05) is 16.5 Å². The van der Waals surface area contributed by atoms with Gasteiger partial charge >= 0.3 is 0 Å². The summed E-state index contributed by atoms with van der Waals surface area (Å²) < 4.78 is 1.83. The zero-order chi connectivity index (χ0) is 26.5. The van der Waals surface area contributed by atoms with Crippen LogP contribution in [-0.2, 0) is 0 Å². The van der Waals surface area contributed by atoms with Crippen LogP contribution < -0.4 is 16.0 Å². The van der Waals surface area contributed by atoms with Crippen molar-refractivity contribution in [2.75, 3.05) is 0 Å². The van der Waals surface area contributed by atoms with Crippen molar-refractivity contribution in [3.63, 3.8) is 0 Å². The molecule has 0 unspecified atom stereocenters. The van der Waals surface area contributed by atoms with Gasteiger partial charge in [0.2, 0.25) is 0 Å². The molecule has 39 heavy (non-hydrogen) atoms. The lowest BCUT2D eigenvalue weighted by molar-refractivity contribution is 1.06. The molecule has 0 fully saturated rings. The summed E-state index contributed by atoms with van der Waals surface area (Å²) in [5.41, 5.74) is 4.00. The van der Waals surface area contributed by atoms with Crippen LogP contribution >= 0.6 is 0 Å². The summed E-state index contributed by atoms with van der Waals surface area (Å²) in [4.78, 5) is 13.7. The first-order valence-electron chi connectivity index (χ1n) is 13.1. The average molecular weight is 500 g/mol. The summed E-state index contributed by atoms with van der Waals surface area (Å²) in [7, 11) is 0. The van der Waals surface area contributed by atoms with Gasteiger partial charge in [0.05, 0.1) is 5.52 Å². The molecule has 1 aromatic heterocycles. The van der Waals surface area contributed by atoms with Gasteiger partial charge in [-0.25, -0.2) is 0 Å². The summed E-state index contributed by atoms with van der Waals surface area (Å²) in [6.45, 7) is 8.18. The molecule has 0 saturated heterocycles. The van der Waals surface area contributed by atoms with E-state index in [2.05, 4.69) is 86.0 Å². The third-order valence-electron chi connectivity index (χ3n) is 7.67. The number of fused-ring (bicyclic) bond motifs is 5. The molecule has 7 aromatic rings. The third kappa shape index (κ3) is 3.53. The number of benzene rings is 6. The Balaban J connectivity index is 1.51. The van der Waals surface area contributed by atoms with Crippen LogP contribution in [0.3, 0.4) is 0 Å². The predicted molar refractivity (Wildman–Crippen MR) is 167 cm³/mol. The SMILES string of the molecule is C=C/C=c1\c(=C)ccc2c(-c3ccc(-n4c(=O)c5ccccc5c5ccccc54)cc3)c3ccccc3cc12. The van der Waals surface area contributed by atoms with E-state index in [4.69, 9.17) is 0 Å². The van der Waals surface area contributed by atoms with E-state index in [1.54, 1.807) is 0 Å². The Morgan fingerprint density at radius 2 is 1.28 bits per heavy atom. The molecular formula is C37H25NO. The fraction of sp³-hybridized carbons (Fsp3) is 0. The van der Waals surface area contributed by atoms with Gasteiger partial charge < -0.3 is 0 Å². The van der Waals surface area contributed by atoms with Gasteiger partial charge in [-0.3, -0.25) is 9.36 Å². The van der Waals surface area contributed by atoms with E-state index in [0.717, 1.165) is 54.1 Å². The first-order chi connectivity index (χ1) is 19.2. The van der Waals surface area contributed by atoms with E-state index >= 15 is 0 Å². The van der Waals surface area contributed by atoms with Gasteiger partial charge in [0.15, 0.2) is 0 Å². The number of para-hydroxylation sites is 1. The van der Waals surface area contributed by atoms with Gasteiger partial charge in [0.25, 0.3) is 5.56 Å². The monoisotopic (exact) mass is 499 g/mol. The molecule has 0 aliphatic heterocycles. The van der Waals surface area contributed by atoms with Crippen molar-refractivity contribution in [3.8, 4) is 16.8 Å². The number of aromatic nitrogens is 1. The Morgan fingerprint density at radius 3 is 2.05 bits per heavy atom. The summed E-state index contributed by atoms with van der Waals surface area (Å²) >= 11 is 0. The summed E-state index contributed by atoms with van der Waals surface area (Å²) in [5.74, 6) is 0. The third-order valence-corrected chi connectivity index (χ3v) is 7.67. The standard InChI is InChI=1S/C37H25NO/c1-3-10-28-24(2)17-22-32-34(28)23-26-11-4-5-12-29(26)36(32)25-18-20-27(21-19-25)38-35-16-9-8-14-31(35)30-13-6-7-15-33(30)37(38)39/h3-23H,1-2H2/b28-10+. The van der Waals surface area contributed by atoms with E-state index in [0.29, 0.717) is 0 Å². The van der Waals surface area contributed by atoms with E-state index in [1.807, 2.05) is 59.2 Å². The molecule has 0 aliphatic carbocycles. The maximum atomic E-state index is 13.7. The smallest absolute Gasteiger partial charge is 0.263 e. The Hall–Kier alpha value is -5.21. The normalized spacial score (nSPS) is 12.1. The molecule has 0 N–H and O–H groups in total. The van der Waals surface area contributed by atoms with Crippen molar-refractivity contribution in [2.24, 2.45) is 0 Å². The molecule has 184 valence electrons. The van der Waals surface area contributed by atoms with Crippen LogP contribution in [0.1, 0.15) is 0 Å². The minimum Gasteiger partial charge on any atom is -0.276 e. The highest BCUT2D eigenvalue weighted by Crippen LogP contribution is 2.36. The number of hydrogen-bond donors (Lipinski definition) is 0. The number of nitrogens with zero attached hydrogens (tertiary/aromatic N) is 1. The van der Waals surface area contributed by atoms with Crippen molar-refractivity contribution in [2.45, 2.75) is 0 Å². The van der Waals surface area contributed by atoms with Crippen molar-refractivity contribution in [1.82, 2.24) is 4.57 Å². The summed E-state index contributed by atoms with van der Waals surface area (Å²) in [6, 6.07) is 39.3. The molecule has 7 rings (SSSR count). The molecule has 2 nitrogen and oxygen atoms in total. The minimum atomic E-state index is -0.0137. The second-order valence-corrected chi connectivity index (χ2v) is 9.86. The van der Waals surface area contributed by atoms with Crippen LogP contribution in [0.15, 0.2) is 133 Å². The molecule has 2 heteroatoms. The van der Waals surface area contributed by atoms with Crippen LogP contribution in [0, 0.1) is 0 Å². The lowest BCUT2D eigenvalue weighted by Crippen LogP contribution is -2.23. The van der Waals surface area contributed by atoms with Crippen molar-refractivity contribution in [3.05, 3.63) is 149 Å². The second kappa shape index (κ2) is 8.97. The zero-order valence-electron chi connectivity index (χ0n) is 21.4.